The molecular weight excluding hydrogens is 434 g/mol. The molecule has 0 bridgehead atoms. The Labute approximate surface area is 201 Å². The molecular formula is C27H35NO6. The summed E-state index contributed by atoms with van der Waals surface area (Å²) in [5.41, 5.74) is 1.21. The number of hydrogen-bond acceptors (Lipinski definition) is 6. The van der Waals surface area contributed by atoms with Gasteiger partial charge in [-0.1, -0.05) is 54.6 Å². The molecule has 2 aliphatic rings. The third-order valence-corrected chi connectivity index (χ3v) is 6.52. The van der Waals surface area contributed by atoms with Gasteiger partial charge in [-0.3, -0.25) is 9.59 Å². The van der Waals surface area contributed by atoms with Crippen molar-refractivity contribution in [3.8, 4) is 0 Å². The summed E-state index contributed by atoms with van der Waals surface area (Å²) in [5.74, 6) is -1.18. The van der Waals surface area contributed by atoms with E-state index in [0.717, 1.165) is 25.7 Å². The summed E-state index contributed by atoms with van der Waals surface area (Å²) < 4.78 is 0. The molecule has 184 valence electrons. The van der Waals surface area contributed by atoms with Crippen molar-refractivity contribution in [2.45, 2.75) is 76.4 Å². The lowest BCUT2D eigenvalue weighted by Gasteiger charge is -2.18. The van der Waals surface area contributed by atoms with E-state index in [1.807, 2.05) is 36.4 Å². The smallest absolute Gasteiger partial charge is 0.333 e. The summed E-state index contributed by atoms with van der Waals surface area (Å²) in [5, 5.41) is 21.3. The number of unbranched alkanes of at least 4 members (excludes halogenated alkanes) is 1. The third-order valence-electron chi connectivity index (χ3n) is 6.52. The van der Waals surface area contributed by atoms with E-state index in [1.165, 1.54) is 5.56 Å². The van der Waals surface area contributed by atoms with Gasteiger partial charge in [-0.05, 0) is 62.3 Å². The number of nitrogens with zero attached hydrogens (tertiary/aromatic N) is 1. The lowest BCUT2D eigenvalue weighted by atomic mass is 9.90. The van der Waals surface area contributed by atoms with Crippen LogP contribution in [0.3, 0.4) is 0 Å². The van der Waals surface area contributed by atoms with Crippen molar-refractivity contribution in [2.24, 2.45) is 11.8 Å². The molecule has 1 aliphatic carbocycles. The van der Waals surface area contributed by atoms with E-state index in [1.54, 1.807) is 0 Å². The van der Waals surface area contributed by atoms with Crippen LogP contribution in [-0.2, 0) is 25.6 Å². The van der Waals surface area contributed by atoms with Gasteiger partial charge in [0.1, 0.15) is 0 Å². The van der Waals surface area contributed by atoms with Crippen LogP contribution in [-0.4, -0.2) is 45.3 Å². The van der Waals surface area contributed by atoms with Crippen LogP contribution in [0.15, 0.2) is 54.6 Å². The van der Waals surface area contributed by atoms with E-state index < -0.39 is 23.9 Å². The Bertz CT molecular complexity index is 864. The van der Waals surface area contributed by atoms with E-state index >= 15 is 0 Å². The molecule has 4 atom stereocenters. The van der Waals surface area contributed by atoms with Crippen molar-refractivity contribution in [1.82, 2.24) is 5.06 Å². The van der Waals surface area contributed by atoms with Crippen molar-refractivity contribution in [3.05, 3.63) is 60.2 Å². The SMILES string of the molecule is O=C(CCC/C=C\C[C@H]1[C@@H](O)CC[C@@H]1/C=C/[C@@H](O)CCc1ccccc1)ON1C(=O)CCC1=O. The van der Waals surface area contributed by atoms with Crippen molar-refractivity contribution in [1.29, 1.82) is 0 Å². The summed E-state index contributed by atoms with van der Waals surface area (Å²) in [7, 11) is 0. The molecule has 1 heterocycles. The summed E-state index contributed by atoms with van der Waals surface area (Å²) in [6, 6.07) is 10.1. The van der Waals surface area contributed by atoms with Gasteiger partial charge >= 0.3 is 5.97 Å². The Hall–Kier alpha value is -2.77. The fourth-order valence-corrected chi connectivity index (χ4v) is 4.51. The van der Waals surface area contributed by atoms with Crippen molar-refractivity contribution >= 4 is 17.8 Å². The highest BCUT2D eigenvalue weighted by Crippen LogP contribution is 2.36. The molecule has 0 spiro atoms. The van der Waals surface area contributed by atoms with Crippen LogP contribution in [0.25, 0.3) is 0 Å². The molecule has 7 heteroatoms. The second-order valence-corrected chi connectivity index (χ2v) is 9.09. The number of hydroxylamine groups is 2. The first-order valence-corrected chi connectivity index (χ1v) is 12.2. The van der Waals surface area contributed by atoms with Gasteiger partial charge < -0.3 is 15.1 Å². The number of rotatable bonds is 12. The van der Waals surface area contributed by atoms with Gasteiger partial charge in [0.15, 0.2) is 0 Å². The van der Waals surface area contributed by atoms with Gasteiger partial charge in [-0.25, -0.2) is 4.79 Å². The molecule has 1 saturated carbocycles. The number of allylic oxidation sites excluding steroid dienone is 3. The van der Waals surface area contributed by atoms with Gasteiger partial charge in [-0.15, -0.1) is 5.06 Å². The fourth-order valence-electron chi connectivity index (χ4n) is 4.51. The molecule has 34 heavy (non-hydrogen) atoms. The molecule has 1 aromatic rings. The summed E-state index contributed by atoms with van der Waals surface area (Å²) in [6.45, 7) is 0. The van der Waals surface area contributed by atoms with Gasteiger partial charge in [0.2, 0.25) is 0 Å². The highest BCUT2D eigenvalue weighted by molar-refractivity contribution is 6.01. The summed E-state index contributed by atoms with van der Waals surface area (Å²) in [6.07, 6.45) is 12.5. The van der Waals surface area contributed by atoms with Crippen LogP contribution in [0, 0.1) is 11.8 Å². The van der Waals surface area contributed by atoms with Crippen molar-refractivity contribution < 1.29 is 29.4 Å². The Morgan fingerprint density at radius 3 is 2.59 bits per heavy atom. The Balaban J connectivity index is 1.34. The molecule has 2 N–H and O–H groups in total. The molecule has 1 aromatic carbocycles. The first-order chi connectivity index (χ1) is 16.4. The Morgan fingerprint density at radius 2 is 1.85 bits per heavy atom. The van der Waals surface area contributed by atoms with Crippen LogP contribution in [0.4, 0.5) is 0 Å². The monoisotopic (exact) mass is 469 g/mol. The van der Waals surface area contributed by atoms with E-state index in [-0.39, 0.29) is 37.2 Å². The normalized spacial score (nSPS) is 23.9. The minimum atomic E-state index is -0.584. The molecule has 2 fully saturated rings. The largest absolute Gasteiger partial charge is 0.393 e. The number of aliphatic hydroxyl groups excluding tert-OH is 2. The molecule has 7 nitrogen and oxygen atoms in total. The van der Waals surface area contributed by atoms with Gasteiger partial charge in [0.05, 0.1) is 12.2 Å². The van der Waals surface area contributed by atoms with E-state index in [2.05, 4.69) is 18.2 Å². The number of carbonyl (C=O) groups is 3. The highest BCUT2D eigenvalue weighted by atomic mass is 16.7. The zero-order chi connectivity index (χ0) is 24.3. The van der Waals surface area contributed by atoms with E-state index in [0.29, 0.717) is 24.3 Å². The van der Waals surface area contributed by atoms with Crippen LogP contribution < -0.4 is 0 Å². The second kappa shape index (κ2) is 13.2. The Kier molecular flexibility index (Phi) is 10.0. The summed E-state index contributed by atoms with van der Waals surface area (Å²) >= 11 is 0. The predicted octanol–water partition coefficient (Wildman–Crippen LogP) is 3.65. The van der Waals surface area contributed by atoms with Crippen LogP contribution in [0.2, 0.25) is 0 Å². The van der Waals surface area contributed by atoms with E-state index in [4.69, 9.17) is 4.84 Å². The number of aryl methyl sites for hydroxylation is 1. The molecule has 1 aliphatic heterocycles. The van der Waals surface area contributed by atoms with Gasteiger partial charge in [-0.2, -0.15) is 0 Å². The number of carbonyl (C=O) groups excluding carboxylic acids is 3. The van der Waals surface area contributed by atoms with Crippen molar-refractivity contribution in [3.63, 3.8) is 0 Å². The maximum atomic E-state index is 11.8. The Morgan fingerprint density at radius 1 is 1.12 bits per heavy atom. The van der Waals surface area contributed by atoms with Gasteiger partial charge in [0.25, 0.3) is 11.8 Å². The number of aliphatic hydroxyl groups is 2. The van der Waals surface area contributed by atoms with Crippen LogP contribution >= 0.6 is 0 Å². The lowest BCUT2D eigenvalue weighted by Crippen LogP contribution is -2.31. The first-order valence-electron chi connectivity index (χ1n) is 12.2. The average molecular weight is 470 g/mol. The molecule has 2 amide bonds. The topological polar surface area (TPSA) is 104 Å². The molecule has 0 radical (unpaired) electrons. The number of imide groups is 1. The predicted molar refractivity (Wildman–Crippen MR) is 127 cm³/mol. The van der Waals surface area contributed by atoms with Gasteiger partial charge in [0, 0.05) is 19.3 Å². The average Bonchev–Trinajstić information content (AvgIpc) is 3.35. The van der Waals surface area contributed by atoms with E-state index in [9.17, 15) is 24.6 Å². The standard InChI is InChI=1S/C27H35NO6/c29-22(15-12-20-8-4-3-5-9-20)16-13-21-14-17-24(30)23(21)10-6-1-2-7-11-27(33)34-28-25(31)18-19-26(28)32/h1,3-6,8-9,13,16,21-24,29-30H,2,7,10-12,14-15,17-19H2/b6-1-,16-13+/t21-,22-,23+,24-/m0/s1. The maximum absolute atomic E-state index is 11.8. The quantitative estimate of drug-likeness (QED) is 0.275. The lowest BCUT2D eigenvalue weighted by molar-refractivity contribution is -0.197. The second-order valence-electron chi connectivity index (χ2n) is 9.09. The first kappa shape index (κ1) is 25.8. The number of hydrogen-bond donors (Lipinski definition) is 2. The minimum absolute atomic E-state index is 0.0880. The summed E-state index contributed by atoms with van der Waals surface area (Å²) in [4.78, 5) is 39.6. The zero-order valence-electron chi connectivity index (χ0n) is 19.6. The minimum Gasteiger partial charge on any atom is -0.393 e. The molecule has 1 saturated heterocycles. The molecule has 3 rings (SSSR count). The highest BCUT2D eigenvalue weighted by Gasteiger charge is 2.33. The maximum Gasteiger partial charge on any atom is 0.333 e. The molecule has 0 unspecified atom stereocenters. The molecule has 0 aromatic heterocycles. The fraction of sp³-hybridized carbons (Fsp3) is 0.519. The number of benzene rings is 1. The third kappa shape index (κ3) is 7.92. The van der Waals surface area contributed by atoms with Crippen molar-refractivity contribution in [2.75, 3.05) is 0 Å². The number of amides is 2. The van der Waals surface area contributed by atoms with Crippen LogP contribution in [0.5, 0.6) is 0 Å². The zero-order valence-corrected chi connectivity index (χ0v) is 19.6. The van der Waals surface area contributed by atoms with Crippen LogP contribution in [0.1, 0.15) is 63.4 Å².